The van der Waals surface area contributed by atoms with Gasteiger partial charge in [-0.25, -0.2) is 4.79 Å². The van der Waals surface area contributed by atoms with E-state index in [-0.39, 0.29) is 11.4 Å². The smallest absolute Gasteiger partial charge is 0.317 e. The van der Waals surface area contributed by atoms with E-state index < -0.39 is 0 Å². The van der Waals surface area contributed by atoms with Crippen molar-refractivity contribution in [3.8, 4) is 0 Å². The molecule has 0 aromatic carbocycles. The van der Waals surface area contributed by atoms with Crippen molar-refractivity contribution in [2.75, 3.05) is 46.1 Å². The monoisotopic (exact) mass is 310 g/mol. The Morgan fingerprint density at radius 2 is 2.18 bits per heavy atom. The van der Waals surface area contributed by atoms with Crippen LogP contribution in [0.2, 0.25) is 0 Å². The first-order valence-electron chi connectivity index (χ1n) is 8.85. The predicted molar refractivity (Wildman–Crippen MR) is 84.9 cm³/mol. The summed E-state index contributed by atoms with van der Waals surface area (Å²) in [4.78, 5) is 14.4. The second-order valence-electron chi connectivity index (χ2n) is 7.43. The van der Waals surface area contributed by atoms with Crippen molar-refractivity contribution < 1.29 is 14.3 Å². The fraction of sp³-hybridized carbons (Fsp3) is 0.941. The van der Waals surface area contributed by atoms with Gasteiger partial charge < -0.3 is 19.7 Å². The lowest BCUT2D eigenvalue weighted by molar-refractivity contribution is 0.0546. The van der Waals surface area contributed by atoms with Crippen LogP contribution in [0.25, 0.3) is 0 Å². The summed E-state index contributed by atoms with van der Waals surface area (Å²) in [7, 11) is 0. The summed E-state index contributed by atoms with van der Waals surface area (Å²) in [6.45, 7) is 7.86. The quantitative estimate of drug-likeness (QED) is 0.767. The Morgan fingerprint density at radius 3 is 2.82 bits per heavy atom. The van der Waals surface area contributed by atoms with Crippen molar-refractivity contribution in [3.63, 3.8) is 0 Å². The second-order valence-corrected chi connectivity index (χ2v) is 7.43. The maximum atomic E-state index is 12.4. The van der Waals surface area contributed by atoms with Gasteiger partial charge in [-0.05, 0) is 44.4 Å². The minimum absolute atomic E-state index is 0.117. The molecule has 3 aliphatic rings. The summed E-state index contributed by atoms with van der Waals surface area (Å²) in [6.07, 6.45) is 6.99. The third-order valence-corrected chi connectivity index (χ3v) is 5.92. The molecule has 22 heavy (non-hydrogen) atoms. The molecule has 0 bridgehead atoms. The van der Waals surface area contributed by atoms with Gasteiger partial charge in [0.05, 0.1) is 6.61 Å². The number of hydrogen-bond donors (Lipinski definition) is 1. The first kappa shape index (κ1) is 16.1. The largest absolute Gasteiger partial charge is 0.382 e. The Morgan fingerprint density at radius 1 is 1.32 bits per heavy atom. The highest BCUT2D eigenvalue weighted by atomic mass is 16.5. The van der Waals surface area contributed by atoms with E-state index in [4.69, 9.17) is 9.47 Å². The lowest BCUT2D eigenvalue weighted by Gasteiger charge is -2.42. The lowest BCUT2D eigenvalue weighted by Crippen LogP contribution is -2.47. The molecule has 1 N–H and O–H groups in total. The molecule has 1 aliphatic carbocycles. The topological polar surface area (TPSA) is 50.8 Å². The Kier molecular flexibility index (Phi) is 4.93. The number of carbonyl (C=O) groups is 1. The molecule has 0 aromatic rings. The maximum Gasteiger partial charge on any atom is 0.317 e. The second kappa shape index (κ2) is 6.75. The zero-order valence-electron chi connectivity index (χ0n) is 13.9. The predicted octanol–water partition coefficient (Wildman–Crippen LogP) is 2.41. The van der Waals surface area contributed by atoms with E-state index in [2.05, 4.69) is 5.32 Å². The number of rotatable bonds is 6. The van der Waals surface area contributed by atoms with E-state index in [0.29, 0.717) is 5.41 Å². The average Bonchev–Trinajstić information content (AvgIpc) is 3.11. The molecule has 1 saturated carbocycles. The molecule has 1 atom stereocenters. The molecule has 126 valence electrons. The summed E-state index contributed by atoms with van der Waals surface area (Å²) in [5.74, 6) is 0. The van der Waals surface area contributed by atoms with Crippen LogP contribution >= 0.6 is 0 Å². The van der Waals surface area contributed by atoms with Crippen LogP contribution in [-0.2, 0) is 9.47 Å². The van der Waals surface area contributed by atoms with E-state index in [1.165, 1.54) is 19.3 Å². The van der Waals surface area contributed by atoms with Crippen molar-refractivity contribution in [1.82, 2.24) is 10.2 Å². The van der Waals surface area contributed by atoms with Crippen LogP contribution in [0.3, 0.4) is 0 Å². The lowest BCUT2D eigenvalue weighted by atomic mass is 9.67. The first-order valence-corrected chi connectivity index (χ1v) is 8.85. The van der Waals surface area contributed by atoms with Gasteiger partial charge in [-0.1, -0.05) is 6.42 Å². The van der Waals surface area contributed by atoms with Gasteiger partial charge in [0.15, 0.2) is 0 Å². The van der Waals surface area contributed by atoms with Crippen molar-refractivity contribution >= 4 is 6.03 Å². The van der Waals surface area contributed by atoms with Crippen molar-refractivity contribution in [1.29, 1.82) is 0 Å². The van der Waals surface area contributed by atoms with E-state index >= 15 is 0 Å². The van der Waals surface area contributed by atoms with Crippen LogP contribution in [0.4, 0.5) is 4.79 Å². The summed E-state index contributed by atoms with van der Waals surface area (Å²) in [6, 6.07) is 0.117. The van der Waals surface area contributed by atoms with E-state index in [9.17, 15) is 4.79 Å². The number of amides is 2. The van der Waals surface area contributed by atoms with Crippen LogP contribution < -0.4 is 5.32 Å². The molecule has 3 rings (SSSR count). The molecule has 2 heterocycles. The van der Waals surface area contributed by atoms with Crippen LogP contribution in [0, 0.1) is 10.8 Å². The Bertz CT molecular complexity index is 389. The fourth-order valence-electron chi connectivity index (χ4n) is 4.08. The number of urea groups is 1. The highest BCUT2D eigenvalue weighted by Gasteiger charge is 2.43. The molecule has 5 heteroatoms. The molecule has 5 nitrogen and oxygen atoms in total. The zero-order chi connectivity index (χ0) is 15.5. The van der Waals surface area contributed by atoms with Crippen LogP contribution in [0.1, 0.15) is 45.4 Å². The van der Waals surface area contributed by atoms with E-state index in [1.807, 2.05) is 11.8 Å². The van der Waals surface area contributed by atoms with Crippen LogP contribution in [0.5, 0.6) is 0 Å². The van der Waals surface area contributed by atoms with Gasteiger partial charge in [0.2, 0.25) is 0 Å². The molecule has 0 aromatic heterocycles. The molecular formula is C17H30N2O3. The molecule has 0 radical (unpaired) electrons. The molecule has 1 unspecified atom stereocenters. The van der Waals surface area contributed by atoms with Crippen molar-refractivity contribution in [2.45, 2.75) is 45.4 Å². The summed E-state index contributed by atoms with van der Waals surface area (Å²) >= 11 is 0. The molecule has 2 amide bonds. The third kappa shape index (κ3) is 3.40. The van der Waals surface area contributed by atoms with E-state index in [1.54, 1.807) is 0 Å². The Hall–Kier alpha value is -0.810. The number of nitrogens with zero attached hydrogens (tertiary/aromatic N) is 1. The highest BCUT2D eigenvalue weighted by Crippen LogP contribution is 2.43. The van der Waals surface area contributed by atoms with Gasteiger partial charge in [-0.15, -0.1) is 0 Å². The van der Waals surface area contributed by atoms with Crippen molar-refractivity contribution in [2.24, 2.45) is 10.8 Å². The standard InChI is InChI=1S/C17H30N2O3/c1-2-21-10-7-16(4-3-5-16)12-18-15(20)19-9-6-17(13-19)8-11-22-14-17/h2-14H2,1H3,(H,18,20). The van der Waals surface area contributed by atoms with Gasteiger partial charge in [-0.2, -0.15) is 0 Å². The molecule has 3 fully saturated rings. The Balaban J connectivity index is 1.44. The minimum atomic E-state index is 0.117. The van der Waals surface area contributed by atoms with Gasteiger partial charge in [-0.3, -0.25) is 0 Å². The minimum Gasteiger partial charge on any atom is -0.382 e. The van der Waals surface area contributed by atoms with E-state index in [0.717, 1.165) is 65.3 Å². The molecular weight excluding hydrogens is 280 g/mol. The number of likely N-dealkylation sites (tertiary alicyclic amines) is 1. The maximum absolute atomic E-state index is 12.4. The summed E-state index contributed by atoms with van der Waals surface area (Å²) in [5.41, 5.74) is 0.541. The fourth-order valence-corrected chi connectivity index (χ4v) is 4.08. The zero-order valence-corrected chi connectivity index (χ0v) is 13.9. The average molecular weight is 310 g/mol. The molecule has 2 aliphatic heterocycles. The van der Waals surface area contributed by atoms with Crippen molar-refractivity contribution in [3.05, 3.63) is 0 Å². The Labute approximate surface area is 133 Å². The molecule has 2 saturated heterocycles. The normalized spacial score (nSPS) is 29.8. The molecule has 1 spiro atoms. The van der Waals surface area contributed by atoms with Gasteiger partial charge in [0.25, 0.3) is 0 Å². The number of nitrogens with one attached hydrogen (secondary N) is 1. The summed E-state index contributed by atoms with van der Waals surface area (Å²) in [5, 5.41) is 3.19. The van der Waals surface area contributed by atoms with Gasteiger partial charge >= 0.3 is 6.03 Å². The SMILES string of the molecule is CCOCCC1(CNC(=O)N2CCC3(CCOC3)C2)CCC1. The van der Waals surface area contributed by atoms with Crippen LogP contribution in [0.15, 0.2) is 0 Å². The van der Waals surface area contributed by atoms with Crippen LogP contribution in [-0.4, -0.2) is 57.0 Å². The van der Waals surface area contributed by atoms with Gasteiger partial charge in [0, 0.05) is 44.9 Å². The third-order valence-electron chi connectivity index (χ3n) is 5.92. The number of carbonyl (C=O) groups excluding carboxylic acids is 1. The number of ether oxygens (including phenoxy) is 2. The number of hydrogen-bond acceptors (Lipinski definition) is 3. The highest BCUT2D eigenvalue weighted by molar-refractivity contribution is 5.74. The summed E-state index contributed by atoms with van der Waals surface area (Å²) < 4.78 is 11.0. The van der Waals surface area contributed by atoms with Gasteiger partial charge in [0.1, 0.15) is 0 Å². The first-order chi connectivity index (χ1) is 10.7.